The van der Waals surface area contributed by atoms with Crippen molar-refractivity contribution in [3.63, 3.8) is 0 Å². The SMILES string of the molecule is C[C@H]1O[C@@H](O[C@H]2C3C=COC(O[C@@H]4O[C@H](CO)[C@@H](O)[C@H](O)[C@H]4O)C3[C@@]3(CO)O[C@@H]23)[C@@H](OC(=O)/C=C/c2ccc(O)cc2)[C@H](O)[C@H]1OC(=O)/C=C/c1ccc(O)cc1. The lowest BCUT2D eigenvalue weighted by atomic mass is 9.85. The molecule has 3 unspecified atom stereocenters. The van der Waals surface area contributed by atoms with Crippen LogP contribution in [0, 0.1) is 11.8 Å². The van der Waals surface area contributed by atoms with E-state index in [9.17, 15) is 50.4 Å². The molecular weight excluding hydrogens is 756 g/mol. The zero-order chi connectivity index (χ0) is 40.6. The second kappa shape index (κ2) is 16.8. The van der Waals surface area contributed by atoms with Gasteiger partial charge >= 0.3 is 11.9 Å². The topological polar surface area (TPSA) is 273 Å². The second-order valence-electron chi connectivity index (χ2n) is 14.4. The van der Waals surface area contributed by atoms with Crippen LogP contribution in [0.15, 0.2) is 73.0 Å². The third kappa shape index (κ3) is 8.30. The highest BCUT2D eigenvalue weighted by molar-refractivity contribution is 5.88. The van der Waals surface area contributed by atoms with Gasteiger partial charge in [-0.2, -0.15) is 0 Å². The van der Waals surface area contributed by atoms with Crippen molar-refractivity contribution in [1.29, 1.82) is 0 Å². The van der Waals surface area contributed by atoms with Crippen molar-refractivity contribution < 1.29 is 88.3 Å². The maximum absolute atomic E-state index is 13.2. The quantitative estimate of drug-likeness (QED) is 0.0742. The molecule has 16 atom stereocenters. The first-order valence-corrected chi connectivity index (χ1v) is 18.2. The number of aliphatic hydroxyl groups excluding tert-OH is 6. The van der Waals surface area contributed by atoms with E-state index in [0.29, 0.717) is 11.1 Å². The number of phenols is 2. The van der Waals surface area contributed by atoms with E-state index in [-0.39, 0.29) is 11.5 Å². The van der Waals surface area contributed by atoms with E-state index >= 15 is 0 Å². The molecule has 0 spiro atoms. The van der Waals surface area contributed by atoms with E-state index in [2.05, 4.69) is 0 Å². The summed E-state index contributed by atoms with van der Waals surface area (Å²) in [6.45, 7) is 0.293. The predicted molar refractivity (Wildman–Crippen MR) is 190 cm³/mol. The van der Waals surface area contributed by atoms with E-state index in [1.165, 1.54) is 49.6 Å². The van der Waals surface area contributed by atoms with Gasteiger partial charge in [-0.1, -0.05) is 24.3 Å². The molecule has 57 heavy (non-hydrogen) atoms. The number of hydrogen-bond acceptors (Lipinski definition) is 18. The van der Waals surface area contributed by atoms with Crippen molar-refractivity contribution in [1.82, 2.24) is 0 Å². The molecule has 1 aliphatic carbocycles. The Balaban J connectivity index is 1.10. The Morgan fingerprint density at radius 2 is 1.32 bits per heavy atom. The molecule has 308 valence electrons. The highest BCUT2D eigenvalue weighted by Crippen LogP contribution is 2.61. The largest absolute Gasteiger partial charge is 0.508 e. The molecule has 4 fully saturated rings. The third-order valence-electron chi connectivity index (χ3n) is 10.8. The number of fused-ring (bicyclic) bond motifs is 3. The van der Waals surface area contributed by atoms with E-state index in [1.807, 2.05) is 0 Å². The van der Waals surface area contributed by atoms with Crippen LogP contribution in [0.4, 0.5) is 0 Å². The zero-order valence-corrected chi connectivity index (χ0v) is 30.3. The summed E-state index contributed by atoms with van der Waals surface area (Å²) in [5.74, 6) is -3.19. The van der Waals surface area contributed by atoms with Gasteiger partial charge in [0.1, 0.15) is 53.7 Å². The second-order valence-corrected chi connectivity index (χ2v) is 14.4. The number of ether oxygens (including phenoxy) is 8. The van der Waals surface area contributed by atoms with Crippen LogP contribution >= 0.6 is 0 Å². The molecule has 4 aliphatic heterocycles. The zero-order valence-electron chi connectivity index (χ0n) is 30.3. The Hall–Kier alpha value is -4.44. The molecule has 1 saturated carbocycles. The standard InChI is InChI=1S/C39H44O18/c1-18-32(53-25(44)12-6-19-2-8-21(42)9-3-19)31(49)34(54-26(45)13-7-20-4-10-22(43)11-5-20)38(51-18)55-33-23-14-15-50-36(27(23)39(17-41)35(33)57-39)56-37-30(48)29(47)28(46)24(16-40)52-37/h2-15,18,23-24,27-38,40-43,46-49H,16-17H2,1H3/b12-6+,13-7+/t18-,23?,24-,27?,28-,29+,30-,31-,32+,33+,34+,35+,36?,37+,38+,39-/m1/s1. The number of carbonyl (C=O) groups excluding carboxylic acids is 2. The minimum absolute atomic E-state index is 0.0231. The van der Waals surface area contributed by atoms with Crippen LogP contribution in [-0.2, 0) is 47.5 Å². The highest BCUT2D eigenvalue weighted by atomic mass is 16.8. The number of hydrogen-bond donors (Lipinski definition) is 8. The molecule has 4 heterocycles. The highest BCUT2D eigenvalue weighted by Gasteiger charge is 2.77. The molecule has 0 aromatic heterocycles. The first-order chi connectivity index (χ1) is 27.3. The summed E-state index contributed by atoms with van der Waals surface area (Å²) < 4.78 is 47.1. The summed E-state index contributed by atoms with van der Waals surface area (Å²) in [6, 6.07) is 12.0. The van der Waals surface area contributed by atoms with Crippen LogP contribution < -0.4 is 0 Å². The normalized spacial score (nSPS) is 39.7. The lowest BCUT2D eigenvalue weighted by Crippen LogP contribution is -2.61. The van der Waals surface area contributed by atoms with Gasteiger partial charge in [-0.15, -0.1) is 0 Å². The molecular formula is C39H44O18. The first-order valence-electron chi connectivity index (χ1n) is 18.2. The molecule has 7 rings (SSSR count). The van der Waals surface area contributed by atoms with Gasteiger partial charge in [0.05, 0.1) is 37.6 Å². The average Bonchev–Trinajstić information content (AvgIpc) is 3.88. The maximum atomic E-state index is 13.2. The Kier molecular flexibility index (Phi) is 12.0. The van der Waals surface area contributed by atoms with Crippen molar-refractivity contribution >= 4 is 24.1 Å². The molecule has 0 bridgehead atoms. The lowest BCUT2D eigenvalue weighted by Gasteiger charge is -2.44. The molecule has 8 N–H and O–H groups in total. The third-order valence-corrected chi connectivity index (χ3v) is 10.8. The van der Waals surface area contributed by atoms with E-state index in [1.54, 1.807) is 30.3 Å². The van der Waals surface area contributed by atoms with Crippen LogP contribution in [0.3, 0.4) is 0 Å². The number of benzene rings is 2. The molecule has 5 aliphatic rings. The van der Waals surface area contributed by atoms with E-state index in [0.717, 1.165) is 12.2 Å². The van der Waals surface area contributed by atoms with Gasteiger partial charge in [-0.3, -0.25) is 0 Å². The van der Waals surface area contributed by atoms with Gasteiger partial charge in [0, 0.05) is 18.1 Å². The van der Waals surface area contributed by atoms with E-state index in [4.69, 9.17) is 37.9 Å². The van der Waals surface area contributed by atoms with Gasteiger partial charge in [-0.25, -0.2) is 9.59 Å². The lowest BCUT2D eigenvalue weighted by molar-refractivity contribution is -0.347. The molecule has 0 radical (unpaired) electrons. The van der Waals surface area contributed by atoms with Crippen LogP contribution in [0.5, 0.6) is 11.5 Å². The molecule has 18 nitrogen and oxygen atoms in total. The fraction of sp³-hybridized carbons (Fsp3) is 0.487. The summed E-state index contributed by atoms with van der Waals surface area (Å²) in [4.78, 5) is 26.1. The monoisotopic (exact) mass is 800 g/mol. The maximum Gasteiger partial charge on any atom is 0.331 e. The Bertz CT molecular complexity index is 1810. The van der Waals surface area contributed by atoms with Crippen molar-refractivity contribution in [3.8, 4) is 11.5 Å². The van der Waals surface area contributed by atoms with Gasteiger partial charge in [-0.05, 0) is 60.5 Å². The van der Waals surface area contributed by atoms with Crippen molar-refractivity contribution in [2.75, 3.05) is 13.2 Å². The number of phenolic OH excluding ortho intramolecular Hbond substituents is 2. The molecule has 2 aromatic rings. The van der Waals surface area contributed by atoms with Crippen molar-refractivity contribution in [3.05, 3.63) is 84.1 Å². The Morgan fingerprint density at radius 3 is 1.89 bits per heavy atom. The number of carbonyl (C=O) groups is 2. The minimum atomic E-state index is -1.74. The molecule has 0 amide bonds. The minimum Gasteiger partial charge on any atom is -0.508 e. The fourth-order valence-corrected chi connectivity index (χ4v) is 7.70. The van der Waals surface area contributed by atoms with Crippen molar-refractivity contribution in [2.24, 2.45) is 11.8 Å². The summed E-state index contributed by atoms with van der Waals surface area (Å²) in [7, 11) is 0. The van der Waals surface area contributed by atoms with Gasteiger partial charge in [0.25, 0.3) is 0 Å². The fourth-order valence-electron chi connectivity index (χ4n) is 7.70. The van der Waals surface area contributed by atoms with Gasteiger partial charge in [0.2, 0.25) is 6.29 Å². The molecule has 2 aromatic carbocycles. The smallest absolute Gasteiger partial charge is 0.331 e. The molecule has 3 saturated heterocycles. The summed E-state index contributed by atoms with van der Waals surface area (Å²) >= 11 is 0. The van der Waals surface area contributed by atoms with Gasteiger partial charge in [0.15, 0.2) is 24.8 Å². The average molecular weight is 801 g/mol. The number of aromatic hydroxyl groups is 2. The Morgan fingerprint density at radius 1 is 0.719 bits per heavy atom. The van der Waals surface area contributed by atoms with E-state index < -0.39 is 122 Å². The summed E-state index contributed by atoms with van der Waals surface area (Å²) in [6.07, 6.45) is -10.1. The van der Waals surface area contributed by atoms with Crippen LogP contribution in [0.1, 0.15) is 18.1 Å². The van der Waals surface area contributed by atoms with Crippen molar-refractivity contribution in [2.45, 2.75) is 92.4 Å². The number of rotatable bonds is 12. The Labute approximate surface area is 325 Å². The summed E-state index contributed by atoms with van der Waals surface area (Å²) in [5.41, 5.74) is -0.175. The summed E-state index contributed by atoms with van der Waals surface area (Å²) in [5, 5.41) is 82.2. The first kappa shape index (κ1) is 40.7. The molecule has 18 heteroatoms. The predicted octanol–water partition coefficient (Wildman–Crippen LogP) is -0.799. The number of aliphatic hydroxyl groups is 6. The number of esters is 2. The van der Waals surface area contributed by atoms with Gasteiger partial charge < -0.3 is 78.7 Å². The van der Waals surface area contributed by atoms with Crippen LogP contribution in [0.2, 0.25) is 0 Å². The number of epoxide rings is 1. The van der Waals surface area contributed by atoms with Crippen LogP contribution in [-0.4, -0.2) is 152 Å². The van der Waals surface area contributed by atoms with Crippen LogP contribution in [0.25, 0.3) is 12.2 Å².